The molecule has 6 nitrogen and oxygen atoms in total. The van der Waals surface area contributed by atoms with Gasteiger partial charge in [-0.2, -0.15) is 0 Å². The van der Waals surface area contributed by atoms with E-state index in [0.717, 1.165) is 0 Å². The van der Waals surface area contributed by atoms with Gasteiger partial charge >= 0.3 is 5.97 Å². The number of carboxylic acids is 1. The van der Waals surface area contributed by atoms with Crippen LogP contribution in [0, 0.1) is 11.8 Å². The molecule has 2 rings (SSSR count). The molecule has 2 aliphatic rings. The summed E-state index contributed by atoms with van der Waals surface area (Å²) < 4.78 is 4.96. The summed E-state index contributed by atoms with van der Waals surface area (Å²) in [4.78, 5) is 22.0. The summed E-state index contributed by atoms with van der Waals surface area (Å²) in [5.74, 6) is -2.21. The van der Waals surface area contributed by atoms with Crippen LogP contribution in [0.15, 0.2) is 0 Å². The Morgan fingerprint density at radius 1 is 1.27 bits per heavy atom. The first kappa shape index (κ1) is 10.4. The smallest absolute Gasteiger partial charge is 0.307 e. The molecule has 4 atom stereocenters. The Bertz CT molecular complexity index is 292. The number of ether oxygens (including phenoxy) is 1. The SMILES string of the molecule is O=C(O)C1CC1C(=O)N[C@@H]1COC[C@H]1O. The highest BCUT2D eigenvalue weighted by atomic mass is 16.5. The molecule has 1 saturated carbocycles. The van der Waals surface area contributed by atoms with E-state index >= 15 is 0 Å². The summed E-state index contributed by atoms with van der Waals surface area (Å²) >= 11 is 0. The zero-order chi connectivity index (χ0) is 11.0. The molecule has 0 spiro atoms. The third-order valence-electron chi connectivity index (χ3n) is 2.82. The van der Waals surface area contributed by atoms with E-state index in [4.69, 9.17) is 9.84 Å². The van der Waals surface area contributed by atoms with Gasteiger partial charge in [0.25, 0.3) is 0 Å². The molecule has 0 radical (unpaired) electrons. The van der Waals surface area contributed by atoms with Crippen LogP contribution in [0.5, 0.6) is 0 Å². The highest BCUT2D eigenvalue weighted by Crippen LogP contribution is 2.38. The first-order valence-corrected chi connectivity index (χ1v) is 4.88. The van der Waals surface area contributed by atoms with Gasteiger partial charge in [-0.1, -0.05) is 0 Å². The summed E-state index contributed by atoms with van der Waals surface area (Å²) in [6.45, 7) is 0.509. The van der Waals surface area contributed by atoms with Crippen molar-refractivity contribution in [2.24, 2.45) is 11.8 Å². The fourth-order valence-corrected chi connectivity index (χ4v) is 1.73. The fourth-order valence-electron chi connectivity index (χ4n) is 1.73. The molecule has 84 valence electrons. The number of nitrogens with one attached hydrogen (secondary N) is 1. The largest absolute Gasteiger partial charge is 0.481 e. The molecule has 1 amide bonds. The van der Waals surface area contributed by atoms with Gasteiger partial charge in [-0.25, -0.2) is 0 Å². The van der Waals surface area contributed by atoms with Crippen LogP contribution in [-0.4, -0.2) is 47.4 Å². The van der Waals surface area contributed by atoms with E-state index in [9.17, 15) is 14.7 Å². The molecule has 1 aliphatic heterocycles. The molecular weight excluding hydrogens is 202 g/mol. The fraction of sp³-hybridized carbons (Fsp3) is 0.778. The number of amides is 1. The van der Waals surface area contributed by atoms with Crippen molar-refractivity contribution < 1.29 is 24.5 Å². The Labute approximate surface area is 86.2 Å². The highest BCUT2D eigenvalue weighted by Gasteiger charge is 2.49. The quantitative estimate of drug-likeness (QED) is 0.537. The zero-order valence-electron chi connectivity index (χ0n) is 8.05. The van der Waals surface area contributed by atoms with Crippen LogP contribution in [0.1, 0.15) is 6.42 Å². The molecule has 0 aromatic rings. The van der Waals surface area contributed by atoms with E-state index in [2.05, 4.69) is 5.32 Å². The van der Waals surface area contributed by atoms with Gasteiger partial charge < -0.3 is 20.3 Å². The molecule has 0 bridgehead atoms. The third-order valence-corrected chi connectivity index (χ3v) is 2.82. The standard InChI is InChI=1S/C9H13NO5/c11-7-3-15-2-6(7)10-8(12)4-1-5(4)9(13)14/h4-7,11H,1-3H2,(H,10,12)(H,13,14)/t4?,5?,6-,7-/m1/s1. The van der Waals surface area contributed by atoms with Gasteiger partial charge in [-0.3, -0.25) is 9.59 Å². The normalized spacial score (nSPS) is 38.7. The number of aliphatic carboxylic acids is 1. The van der Waals surface area contributed by atoms with Crippen LogP contribution in [0.2, 0.25) is 0 Å². The van der Waals surface area contributed by atoms with Crippen molar-refractivity contribution in [3.05, 3.63) is 0 Å². The molecular formula is C9H13NO5. The lowest BCUT2D eigenvalue weighted by atomic mass is 10.2. The highest BCUT2D eigenvalue weighted by molar-refractivity contribution is 5.89. The summed E-state index contributed by atoms with van der Waals surface area (Å²) in [7, 11) is 0. The molecule has 1 heterocycles. The number of carbonyl (C=O) groups is 2. The van der Waals surface area contributed by atoms with Gasteiger partial charge in [0.2, 0.25) is 5.91 Å². The molecule has 15 heavy (non-hydrogen) atoms. The number of aliphatic hydroxyl groups is 1. The van der Waals surface area contributed by atoms with Crippen LogP contribution in [0.25, 0.3) is 0 Å². The van der Waals surface area contributed by atoms with Gasteiger partial charge in [0.1, 0.15) is 0 Å². The van der Waals surface area contributed by atoms with Crippen LogP contribution in [0.4, 0.5) is 0 Å². The van der Waals surface area contributed by atoms with Crippen molar-refractivity contribution in [1.29, 1.82) is 0 Å². The van der Waals surface area contributed by atoms with Crippen LogP contribution < -0.4 is 5.32 Å². The summed E-state index contributed by atoms with van der Waals surface area (Å²) in [6, 6.07) is -0.396. The molecule has 0 aromatic carbocycles. The minimum atomic E-state index is -0.932. The van der Waals surface area contributed by atoms with Crippen LogP contribution in [-0.2, 0) is 14.3 Å². The average Bonchev–Trinajstić information content (AvgIpc) is 2.88. The molecule has 0 aromatic heterocycles. The molecule has 1 saturated heterocycles. The predicted molar refractivity (Wildman–Crippen MR) is 48.0 cm³/mol. The van der Waals surface area contributed by atoms with Crippen LogP contribution in [0.3, 0.4) is 0 Å². The van der Waals surface area contributed by atoms with E-state index in [1.165, 1.54) is 0 Å². The van der Waals surface area contributed by atoms with Crippen molar-refractivity contribution >= 4 is 11.9 Å². The second kappa shape index (κ2) is 3.79. The summed E-state index contributed by atoms with van der Waals surface area (Å²) in [6.07, 6.45) is -0.291. The molecule has 2 unspecified atom stereocenters. The molecule has 1 aliphatic carbocycles. The Morgan fingerprint density at radius 2 is 2.00 bits per heavy atom. The maximum Gasteiger partial charge on any atom is 0.307 e. The van der Waals surface area contributed by atoms with E-state index < -0.39 is 30.0 Å². The Balaban J connectivity index is 1.81. The lowest BCUT2D eigenvalue weighted by Crippen LogP contribution is -2.43. The van der Waals surface area contributed by atoms with Crippen molar-refractivity contribution in [3.63, 3.8) is 0 Å². The van der Waals surface area contributed by atoms with Crippen molar-refractivity contribution in [2.45, 2.75) is 18.6 Å². The first-order chi connectivity index (χ1) is 7.09. The van der Waals surface area contributed by atoms with Crippen LogP contribution >= 0.6 is 0 Å². The number of rotatable bonds is 3. The van der Waals surface area contributed by atoms with Gasteiger partial charge in [-0.15, -0.1) is 0 Å². The number of hydrogen-bond acceptors (Lipinski definition) is 4. The lowest BCUT2D eigenvalue weighted by molar-refractivity contribution is -0.140. The molecule has 3 N–H and O–H groups in total. The third kappa shape index (κ3) is 2.10. The number of hydrogen-bond donors (Lipinski definition) is 3. The Hall–Kier alpha value is -1.14. The van der Waals surface area contributed by atoms with Gasteiger partial charge in [0.05, 0.1) is 37.2 Å². The first-order valence-electron chi connectivity index (χ1n) is 4.88. The number of carbonyl (C=O) groups excluding carboxylic acids is 1. The van der Waals surface area contributed by atoms with Gasteiger partial charge in [0.15, 0.2) is 0 Å². The van der Waals surface area contributed by atoms with E-state index in [1.807, 2.05) is 0 Å². The summed E-state index contributed by atoms with van der Waals surface area (Å²) in [5.41, 5.74) is 0. The zero-order valence-corrected chi connectivity index (χ0v) is 8.05. The number of aliphatic hydroxyl groups excluding tert-OH is 1. The van der Waals surface area contributed by atoms with Crippen molar-refractivity contribution in [3.8, 4) is 0 Å². The topological polar surface area (TPSA) is 95.9 Å². The second-order valence-electron chi connectivity index (χ2n) is 4.01. The van der Waals surface area contributed by atoms with E-state index in [-0.39, 0.29) is 19.1 Å². The second-order valence-corrected chi connectivity index (χ2v) is 4.01. The van der Waals surface area contributed by atoms with Crippen molar-refractivity contribution in [1.82, 2.24) is 5.32 Å². The molecule has 2 fully saturated rings. The minimum absolute atomic E-state index is 0.220. The Morgan fingerprint density at radius 3 is 2.47 bits per heavy atom. The lowest BCUT2D eigenvalue weighted by Gasteiger charge is -2.13. The number of carboxylic acid groups (broad SMARTS) is 1. The van der Waals surface area contributed by atoms with Gasteiger partial charge in [0, 0.05) is 0 Å². The van der Waals surface area contributed by atoms with Crippen molar-refractivity contribution in [2.75, 3.05) is 13.2 Å². The minimum Gasteiger partial charge on any atom is -0.481 e. The average molecular weight is 215 g/mol. The maximum atomic E-state index is 11.5. The Kier molecular flexibility index (Phi) is 2.62. The predicted octanol–water partition coefficient (Wildman–Crippen LogP) is -1.42. The summed E-state index contributed by atoms with van der Waals surface area (Å²) in [5, 5.41) is 20.6. The van der Waals surface area contributed by atoms with Gasteiger partial charge in [-0.05, 0) is 6.42 Å². The maximum absolute atomic E-state index is 11.5. The van der Waals surface area contributed by atoms with E-state index in [0.29, 0.717) is 6.42 Å². The molecule has 6 heteroatoms. The van der Waals surface area contributed by atoms with E-state index in [1.54, 1.807) is 0 Å². The monoisotopic (exact) mass is 215 g/mol.